The fourth-order valence-corrected chi connectivity index (χ4v) is 5.93. The van der Waals surface area contributed by atoms with E-state index < -0.39 is 17.6 Å². The van der Waals surface area contributed by atoms with E-state index in [0.717, 1.165) is 19.3 Å². The Kier molecular flexibility index (Phi) is 5.33. The van der Waals surface area contributed by atoms with E-state index in [1.165, 1.54) is 0 Å². The number of aliphatic hydroxyl groups excluding tert-OH is 1. The Morgan fingerprint density at radius 1 is 1.22 bits per heavy atom. The molecule has 0 unspecified atom stereocenters. The number of hydrogen-bond donors (Lipinski definition) is 2. The first-order chi connectivity index (χ1) is 15.1. The van der Waals surface area contributed by atoms with Crippen molar-refractivity contribution < 1.29 is 23.2 Å². The average molecular weight is 454 g/mol. The molecule has 8 nitrogen and oxygen atoms in total. The number of rotatable bonds is 4. The van der Waals surface area contributed by atoms with E-state index in [1.54, 1.807) is 0 Å². The molecule has 0 radical (unpaired) electrons. The molecular formula is C22H33F2N5O3. The molecule has 4 fully saturated rings. The van der Waals surface area contributed by atoms with Crippen molar-refractivity contribution in [1.82, 2.24) is 25.3 Å². The second-order valence-electron chi connectivity index (χ2n) is 10.6. The Hall–Kier alpha value is -1.65. The zero-order valence-corrected chi connectivity index (χ0v) is 18.8. The molecule has 4 aliphatic rings. The van der Waals surface area contributed by atoms with Gasteiger partial charge in [-0.1, -0.05) is 11.6 Å². The molecule has 2 aliphatic carbocycles. The van der Waals surface area contributed by atoms with E-state index in [9.17, 15) is 18.7 Å². The van der Waals surface area contributed by atoms with Gasteiger partial charge in [0.05, 0.1) is 12.1 Å². The Balaban J connectivity index is 1.23. The number of nitrogens with zero attached hydrogens (tertiary/aromatic N) is 4. The van der Waals surface area contributed by atoms with Gasteiger partial charge in [0.2, 0.25) is 17.7 Å². The number of likely N-dealkylation sites (tertiary alicyclic amines) is 1. The maximum atomic E-state index is 13.2. The minimum Gasteiger partial charge on any atom is -0.392 e. The quantitative estimate of drug-likeness (QED) is 0.719. The molecule has 5 rings (SSSR count). The second kappa shape index (κ2) is 7.70. The molecule has 1 amide bonds. The first-order valence-electron chi connectivity index (χ1n) is 11.7. The third-order valence-corrected chi connectivity index (χ3v) is 8.57. The van der Waals surface area contributed by atoms with Crippen LogP contribution < -0.4 is 5.32 Å². The molecule has 1 spiro atoms. The number of halogens is 2. The summed E-state index contributed by atoms with van der Waals surface area (Å²) in [5, 5.41) is 18.0. The van der Waals surface area contributed by atoms with Crippen LogP contribution in [0.2, 0.25) is 0 Å². The van der Waals surface area contributed by atoms with E-state index in [0.29, 0.717) is 50.6 Å². The zero-order valence-electron chi connectivity index (χ0n) is 18.8. The van der Waals surface area contributed by atoms with Gasteiger partial charge in [-0.3, -0.25) is 9.69 Å². The molecule has 0 bridgehead atoms. The van der Waals surface area contributed by atoms with Crippen molar-refractivity contribution in [3.63, 3.8) is 0 Å². The predicted molar refractivity (Wildman–Crippen MR) is 111 cm³/mol. The predicted octanol–water partition coefficient (Wildman–Crippen LogP) is 1.85. The number of alkyl halides is 2. The molecule has 3 heterocycles. The topological polar surface area (TPSA) is 94.7 Å². The van der Waals surface area contributed by atoms with E-state index in [1.807, 2.05) is 23.9 Å². The van der Waals surface area contributed by atoms with Crippen LogP contribution in [0.5, 0.6) is 0 Å². The standard InChI is InChI=1S/C22H33F2N5O3/c1-28(2)21(19-26-17(27-32-19)14-11-22(23,24)12-14)6-8-29(9-7-21)18(31)15-10-16(30)20(13-25-15)4-3-5-20/h14-16,25,30H,3-13H2,1-2H3/t15-,16+/m0/s1. The second-order valence-corrected chi connectivity index (χ2v) is 10.6. The van der Waals surface area contributed by atoms with Crippen LogP contribution >= 0.6 is 0 Å². The van der Waals surface area contributed by atoms with Gasteiger partial charge in [-0.15, -0.1) is 0 Å². The van der Waals surface area contributed by atoms with Crippen LogP contribution in [0.1, 0.15) is 69.0 Å². The summed E-state index contributed by atoms with van der Waals surface area (Å²) in [6, 6.07) is -0.349. The number of aromatic nitrogens is 2. The van der Waals surface area contributed by atoms with Crippen molar-refractivity contribution in [2.75, 3.05) is 33.7 Å². The van der Waals surface area contributed by atoms with Crippen LogP contribution in [0.15, 0.2) is 4.52 Å². The lowest BCUT2D eigenvalue weighted by Gasteiger charge is -2.51. The normalized spacial score (nSPS) is 31.4. The smallest absolute Gasteiger partial charge is 0.249 e. The van der Waals surface area contributed by atoms with Crippen molar-refractivity contribution in [1.29, 1.82) is 0 Å². The number of carbonyl (C=O) groups excluding carboxylic acids is 1. The van der Waals surface area contributed by atoms with Gasteiger partial charge in [0.15, 0.2) is 5.82 Å². The molecule has 10 heteroatoms. The number of carbonyl (C=O) groups is 1. The van der Waals surface area contributed by atoms with Gasteiger partial charge in [-0.2, -0.15) is 4.98 Å². The summed E-state index contributed by atoms with van der Waals surface area (Å²) >= 11 is 0. The van der Waals surface area contributed by atoms with Crippen LogP contribution in [0, 0.1) is 5.41 Å². The summed E-state index contributed by atoms with van der Waals surface area (Å²) < 4.78 is 32.1. The highest BCUT2D eigenvalue weighted by Crippen LogP contribution is 2.48. The Labute approximate surface area is 186 Å². The maximum absolute atomic E-state index is 13.2. The van der Waals surface area contributed by atoms with Gasteiger partial charge >= 0.3 is 0 Å². The Morgan fingerprint density at radius 3 is 2.44 bits per heavy atom. The van der Waals surface area contributed by atoms with E-state index in [2.05, 4.69) is 15.5 Å². The molecule has 2 saturated carbocycles. The number of nitrogens with one attached hydrogen (secondary N) is 1. The van der Waals surface area contributed by atoms with Crippen LogP contribution in [0.3, 0.4) is 0 Å². The summed E-state index contributed by atoms with van der Waals surface area (Å²) in [7, 11) is 3.88. The molecule has 2 saturated heterocycles. The maximum Gasteiger partial charge on any atom is 0.249 e. The lowest BCUT2D eigenvalue weighted by Crippen LogP contribution is -2.62. The zero-order chi connectivity index (χ0) is 22.7. The number of hydrogen-bond acceptors (Lipinski definition) is 7. The summed E-state index contributed by atoms with van der Waals surface area (Å²) in [6.07, 6.45) is 4.02. The van der Waals surface area contributed by atoms with Crippen LogP contribution in [0.4, 0.5) is 8.78 Å². The molecule has 2 aliphatic heterocycles. The summed E-state index contributed by atoms with van der Waals surface area (Å²) in [4.78, 5) is 21.6. The molecule has 0 aromatic carbocycles. The van der Waals surface area contributed by atoms with Crippen LogP contribution in [-0.4, -0.2) is 82.8 Å². The minimum absolute atomic E-state index is 0.0289. The van der Waals surface area contributed by atoms with Crippen molar-refractivity contribution in [3.8, 4) is 0 Å². The highest BCUT2D eigenvalue weighted by Gasteiger charge is 2.51. The molecule has 2 N–H and O–H groups in total. The van der Waals surface area contributed by atoms with Crippen molar-refractivity contribution in [2.45, 2.75) is 80.9 Å². The monoisotopic (exact) mass is 453 g/mol. The average Bonchev–Trinajstić information content (AvgIpc) is 3.20. The van der Waals surface area contributed by atoms with Crippen molar-refractivity contribution >= 4 is 5.91 Å². The van der Waals surface area contributed by atoms with E-state index in [-0.39, 0.29) is 36.1 Å². The number of amides is 1. The number of aliphatic hydroxyl groups is 1. The highest BCUT2D eigenvalue weighted by atomic mass is 19.3. The van der Waals surface area contributed by atoms with Crippen molar-refractivity contribution in [2.24, 2.45) is 5.41 Å². The van der Waals surface area contributed by atoms with Gasteiger partial charge in [-0.25, -0.2) is 8.78 Å². The largest absolute Gasteiger partial charge is 0.392 e. The van der Waals surface area contributed by atoms with Crippen LogP contribution in [-0.2, 0) is 10.3 Å². The van der Waals surface area contributed by atoms with E-state index >= 15 is 0 Å². The first kappa shape index (κ1) is 22.2. The highest BCUT2D eigenvalue weighted by molar-refractivity contribution is 5.82. The molecule has 2 atom stereocenters. The lowest BCUT2D eigenvalue weighted by molar-refractivity contribution is -0.142. The Morgan fingerprint density at radius 2 is 1.91 bits per heavy atom. The molecule has 1 aromatic rings. The molecule has 1 aromatic heterocycles. The third kappa shape index (κ3) is 3.54. The van der Waals surface area contributed by atoms with Gasteiger partial charge in [0, 0.05) is 43.8 Å². The van der Waals surface area contributed by atoms with Gasteiger partial charge < -0.3 is 19.8 Å². The summed E-state index contributed by atoms with van der Waals surface area (Å²) in [5.74, 6) is -2.15. The fourth-order valence-electron chi connectivity index (χ4n) is 5.93. The van der Waals surface area contributed by atoms with Gasteiger partial charge in [-0.05, 0) is 46.2 Å². The number of piperidine rings is 2. The van der Waals surface area contributed by atoms with E-state index in [4.69, 9.17) is 4.52 Å². The molecule has 178 valence electrons. The third-order valence-electron chi connectivity index (χ3n) is 8.57. The molecular weight excluding hydrogens is 420 g/mol. The van der Waals surface area contributed by atoms with Gasteiger partial charge in [0.25, 0.3) is 0 Å². The van der Waals surface area contributed by atoms with Crippen molar-refractivity contribution in [3.05, 3.63) is 11.7 Å². The molecule has 32 heavy (non-hydrogen) atoms. The fraction of sp³-hybridized carbons (Fsp3) is 0.864. The lowest BCUT2D eigenvalue weighted by atomic mass is 9.62. The van der Waals surface area contributed by atoms with Gasteiger partial charge in [0.1, 0.15) is 5.54 Å². The first-order valence-corrected chi connectivity index (χ1v) is 11.7. The summed E-state index contributed by atoms with van der Waals surface area (Å²) in [5.41, 5.74) is -0.553. The summed E-state index contributed by atoms with van der Waals surface area (Å²) in [6.45, 7) is 1.77. The SMILES string of the molecule is CN(C)C1(c2nc(C3CC(F)(F)C3)no2)CCN(C(=O)[C@@H]2C[C@@H](O)C3(CCC3)CN2)CC1. The minimum atomic E-state index is -2.63. The van der Waals surface area contributed by atoms with Crippen LogP contribution in [0.25, 0.3) is 0 Å². The Bertz CT molecular complexity index is 856.